The Morgan fingerprint density at radius 1 is 1.00 bits per heavy atom. The molecular formula is C24H20N2O4. The number of nitrogens with one attached hydrogen (secondary N) is 1. The molecule has 150 valence electrons. The molecule has 0 aliphatic carbocycles. The van der Waals surface area contributed by atoms with Crippen LogP contribution in [-0.2, 0) is 6.54 Å². The van der Waals surface area contributed by atoms with E-state index < -0.39 is 0 Å². The van der Waals surface area contributed by atoms with Gasteiger partial charge in [0.1, 0.15) is 5.75 Å². The number of hydrogen-bond acceptors (Lipinski definition) is 5. The zero-order valence-electron chi connectivity index (χ0n) is 16.3. The average molecular weight is 400 g/mol. The van der Waals surface area contributed by atoms with Crippen molar-refractivity contribution in [3.05, 3.63) is 84.2 Å². The van der Waals surface area contributed by atoms with E-state index in [1.54, 1.807) is 19.5 Å². The quantitative estimate of drug-likeness (QED) is 0.436. The molecule has 6 nitrogen and oxygen atoms in total. The van der Waals surface area contributed by atoms with Crippen molar-refractivity contribution in [1.29, 1.82) is 0 Å². The first-order chi connectivity index (χ1) is 14.6. The normalized spacial score (nSPS) is 10.7. The van der Waals surface area contributed by atoms with Crippen molar-refractivity contribution in [3.63, 3.8) is 0 Å². The number of phenols is 2. The minimum Gasteiger partial charge on any atom is -0.504 e. The number of pyridine rings is 1. The van der Waals surface area contributed by atoms with Crippen LogP contribution in [0.3, 0.4) is 0 Å². The molecule has 1 heterocycles. The minimum absolute atomic E-state index is 0.265. The highest BCUT2D eigenvalue weighted by atomic mass is 16.5. The summed E-state index contributed by atoms with van der Waals surface area (Å²) in [5, 5.41) is 23.8. The summed E-state index contributed by atoms with van der Waals surface area (Å²) in [6.07, 6.45) is 3.53. The van der Waals surface area contributed by atoms with Gasteiger partial charge in [0, 0.05) is 29.9 Å². The van der Waals surface area contributed by atoms with Gasteiger partial charge in [-0.2, -0.15) is 0 Å². The Hall–Kier alpha value is -4.06. The fourth-order valence-corrected chi connectivity index (χ4v) is 3.39. The summed E-state index contributed by atoms with van der Waals surface area (Å²) in [7, 11) is 1.64. The fraction of sp³-hybridized carbons (Fsp3) is 0.0833. The molecule has 0 aliphatic heterocycles. The zero-order chi connectivity index (χ0) is 21.1. The molecule has 0 saturated carbocycles. The molecule has 3 N–H and O–H groups in total. The minimum atomic E-state index is -0.348. The Bertz CT molecular complexity index is 1240. The molecule has 0 atom stereocenters. The van der Waals surface area contributed by atoms with E-state index in [-0.39, 0.29) is 23.0 Å². The molecule has 1 aromatic heterocycles. The first-order valence-corrected chi connectivity index (χ1v) is 9.37. The third-order valence-electron chi connectivity index (χ3n) is 4.97. The number of hydrogen-bond donors (Lipinski definition) is 3. The molecule has 0 radical (unpaired) electrons. The van der Waals surface area contributed by atoms with E-state index >= 15 is 0 Å². The molecule has 3 aromatic carbocycles. The van der Waals surface area contributed by atoms with Crippen molar-refractivity contribution < 1.29 is 19.7 Å². The summed E-state index contributed by atoms with van der Waals surface area (Å²) < 4.78 is 5.34. The van der Waals surface area contributed by atoms with E-state index in [1.165, 1.54) is 18.2 Å². The second kappa shape index (κ2) is 8.13. The van der Waals surface area contributed by atoms with Gasteiger partial charge >= 0.3 is 0 Å². The maximum Gasteiger partial charge on any atom is 0.251 e. The summed E-state index contributed by atoms with van der Waals surface area (Å²) >= 11 is 0. The Labute approximate surface area is 173 Å². The van der Waals surface area contributed by atoms with E-state index in [4.69, 9.17) is 4.74 Å². The Balaban J connectivity index is 1.64. The number of aromatic hydroxyl groups is 2. The van der Waals surface area contributed by atoms with E-state index in [0.717, 1.165) is 33.2 Å². The molecule has 0 fully saturated rings. The van der Waals surface area contributed by atoms with Gasteiger partial charge in [0.05, 0.1) is 7.11 Å². The van der Waals surface area contributed by atoms with Gasteiger partial charge < -0.3 is 20.3 Å². The lowest BCUT2D eigenvalue weighted by atomic mass is 9.96. The second-order valence-electron chi connectivity index (χ2n) is 6.81. The first kappa shape index (κ1) is 19.3. The smallest absolute Gasteiger partial charge is 0.251 e. The number of amides is 1. The van der Waals surface area contributed by atoms with Gasteiger partial charge in [-0.1, -0.05) is 24.3 Å². The number of benzene rings is 3. The van der Waals surface area contributed by atoms with Crippen LogP contribution < -0.4 is 10.1 Å². The van der Waals surface area contributed by atoms with Crippen molar-refractivity contribution in [3.8, 4) is 28.4 Å². The van der Waals surface area contributed by atoms with Crippen LogP contribution in [0.1, 0.15) is 15.9 Å². The summed E-state index contributed by atoms with van der Waals surface area (Å²) in [5.74, 6) is -0.167. The number of rotatable bonds is 5. The molecule has 6 heteroatoms. The maximum absolute atomic E-state index is 12.4. The van der Waals surface area contributed by atoms with Crippen LogP contribution in [0.25, 0.3) is 21.9 Å². The van der Waals surface area contributed by atoms with Gasteiger partial charge in [-0.3, -0.25) is 9.78 Å². The summed E-state index contributed by atoms with van der Waals surface area (Å²) in [6.45, 7) is 0.293. The van der Waals surface area contributed by atoms with Crippen LogP contribution in [0.5, 0.6) is 17.2 Å². The van der Waals surface area contributed by atoms with E-state index in [9.17, 15) is 15.0 Å². The van der Waals surface area contributed by atoms with Crippen LogP contribution in [0.2, 0.25) is 0 Å². The van der Waals surface area contributed by atoms with E-state index in [1.807, 2.05) is 42.5 Å². The van der Waals surface area contributed by atoms with Gasteiger partial charge in [0.25, 0.3) is 5.91 Å². The third kappa shape index (κ3) is 3.75. The standard InChI is InChI=1S/C24H20N2O4/c1-30-18-4-2-3-15(11-18)19-7-5-17(21-14-25-10-9-20(19)21)13-26-24(29)16-6-8-22(27)23(28)12-16/h2-12,14,27-28H,13H2,1H3,(H,26,29). The molecule has 0 saturated heterocycles. The highest BCUT2D eigenvalue weighted by Crippen LogP contribution is 2.32. The molecule has 0 aliphatic rings. The Kier molecular flexibility index (Phi) is 5.22. The van der Waals surface area contributed by atoms with Gasteiger partial charge in [0.15, 0.2) is 11.5 Å². The lowest BCUT2D eigenvalue weighted by molar-refractivity contribution is 0.0950. The van der Waals surface area contributed by atoms with Crippen molar-refractivity contribution in [2.75, 3.05) is 7.11 Å². The number of nitrogens with zero attached hydrogens (tertiary/aromatic N) is 1. The van der Waals surface area contributed by atoms with Crippen molar-refractivity contribution >= 4 is 16.7 Å². The number of methoxy groups -OCH3 is 1. The molecule has 0 bridgehead atoms. The third-order valence-corrected chi connectivity index (χ3v) is 4.97. The van der Waals surface area contributed by atoms with Crippen molar-refractivity contribution in [1.82, 2.24) is 10.3 Å². The molecule has 1 amide bonds. The number of carbonyl (C=O) groups excluding carboxylic acids is 1. The number of phenolic OH excluding ortho intramolecular Hbond substituents is 2. The number of fused-ring (bicyclic) bond motifs is 1. The zero-order valence-corrected chi connectivity index (χ0v) is 16.3. The lowest BCUT2D eigenvalue weighted by Gasteiger charge is -2.13. The molecule has 0 unspecified atom stereocenters. The Morgan fingerprint density at radius 3 is 2.67 bits per heavy atom. The predicted molar refractivity (Wildman–Crippen MR) is 115 cm³/mol. The Morgan fingerprint density at radius 2 is 1.87 bits per heavy atom. The molecule has 30 heavy (non-hydrogen) atoms. The average Bonchev–Trinajstić information content (AvgIpc) is 2.79. The van der Waals surface area contributed by atoms with Crippen LogP contribution >= 0.6 is 0 Å². The monoisotopic (exact) mass is 400 g/mol. The first-order valence-electron chi connectivity index (χ1n) is 9.37. The largest absolute Gasteiger partial charge is 0.504 e. The van der Waals surface area contributed by atoms with Crippen LogP contribution in [0.15, 0.2) is 73.1 Å². The fourth-order valence-electron chi connectivity index (χ4n) is 3.39. The highest BCUT2D eigenvalue weighted by molar-refractivity contribution is 5.99. The highest BCUT2D eigenvalue weighted by Gasteiger charge is 2.12. The van der Waals surface area contributed by atoms with Gasteiger partial charge in [-0.05, 0) is 58.5 Å². The van der Waals surface area contributed by atoms with Crippen molar-refractivity contribution in [2.24, 2.45) is 0 Å². The molecule has 4 rings (SSSR count). The number of ether oxygens (including phenoxy) is 1. The summed E-state index contributed by atoms with van der Waals surface area (Å²) in [5.41, 5.74) is 3.26. The van der Waals surface area contributed by atoms with E-state index in [2.05, 4.69) is 10.3 Å². The topological polar surface area (TPSA) is 91.7 Å². The maximum atomic E-state index is 12.4. The summed E-state index contributed by atoms with van der Waals surface area (Å²) in [6, 6.07) is 17.8. The molecule has 0 spiro atoms. The van der Waals surface area contributed by atoms with E-state index in [0.29, 0.717) is 6.54 Å². The number of carbonyl (C=O) groups is 1. The molecular weight excluding hydrogens is 380 g/mol. The van der Waals surface area contributed by atoms with Crippen molar-refractivity contribution in [2.45, 2.75) is 6.54 Å². The predicted octanol–water partition coefficient (Wildman–Crippen LogP) is 4.25. The van der Waals surface area contributed by atoms with Crippen LogP contribution in [0, 0.1) is 0 Å². The van der Waals surface area contributed by atoms with Crippen LogP contribution in [-0.4, -0.2) is 28.2 Å². The van der Waals surface area contributed by atoms with Gasteiger partial charge in [-0.15, -0.1) is 0 Å². The summed E-state index contributed by atoms with van der Waals surface area (Å²) in [4.78, 5) is 16.7. The van der Waals surface area contributed by atoms with Gasteiger partial charge in [-0.25, -0.2) is 0 Å². The lowest BCUT2D eigenvalue weighted by Crippen LogP contribution is -2.22. The van der Waals surface area contributed by atoms with Gasteiger partial charge in [0.2, 0.25) is 0 Å². The second-order valence-corrected chi connectivity index (χ2v) is 6.81. The van der Waals surface area contributed by atoms with Crippen LogP contribution in [0.4, 0.5) is 0 Å². The molecule has 4 aromatic rings. The number of aromatic nitrogens is 1. The SMILES string of the molecule is COc1cccc(-c2ccc(CNC(=O)c3ccc(O)c(O)c3)c3cnccc23)c1.